The number of hydrogen-bond acceptors (Lipinski definition) is 4. The summed E-state index contributed by atoms with van der Waals surface area (Å²) in [6.07, 6.45) is 2.92. The van der Waals surface area contributed by atoms with Gasteiger partial charge in [-0.15, -0.1) is 0 Å². The van der Waals surface area contributed by atoms with Crippen LogP contribution in [0.1, 0.15) is 18.9 Å². The van der Waals surface area contributed by atoms with Gasteiger partial charge in [0.25, 0.3) is 0 Å². The van der Waals surface area contributed by atoms with Crippen molar-refractivity contribution in [1.29, 1.82) is 0 Å². The fraction of sp³-hybridized carbons (Fsp3) is 0.333. The molecule has 3 aliphatic heterocycles. The van der Waals surface area contributed by atoms with Gasteiger partial charge < -0.3 is 10.2 Å². The zero-order valence-electron chi connectivity index (χ0n) is 10.9. The van der Waals surface area contributed by atoms with E-state index in [0.717, 1.165) is 31.0 Å². The maximum atomic E-state index is 4.71. The third-order valence-electron chi connectivity index (χ3n) is 3.96. The lowest BCUT2D eigenvalue weighted by Gasteiger charge is -2.26. The Morgan fingerprint density at radius 1 is 1.32 bits per heavy atom. The van der Waals surface area contributed by atoms with Crippen molar-refractivity contribution in [2.45, 2.75) is 19.4 Å². The predicted octanol–water partition coefficient (Wildman–Crippen LogP) is 2.36. The van der Waals surface area contributed by atoms with Gasteiger partial charge in [0, 0.05) is 23.4 Å². The zero-order valence-corrected chi connectivity index (χ0v) is 10.9. The van der Waals surface area contributed by atoms with Crippen LogP contribution in [0.4, 0.5) is 5.69 Å². The Hall–Kier alpha value is -2.10. The van der Waals surface area contributed by atoms with E-state index < -0.39 is 0 Å². The van der Waals surface area contributed by atoms with Crippen LogP contribution in [0.15, 0.2) is 39.8 Å². The smallest absolute Gasteiger partial charge is 0.134 e. The Labute approximate surface area is 112 Å². The first-order valence-electron chi connectivity index (χ1n) is 6.78. The van der Waals surface area contributed by atoms with Gasteiger partial charge >= 0.3 is 0 Å². The van der Waals surface area contributed by atoms with Crippen molar-refractivity contribution >= 4 is 23.6 Å². The fourth-order valence-electron chi connectivity index (χ4n) is 2.95. The molecule has 0 aliphatic carbocycles. The Kier molecular flexibility index (Phi) is 2.24. The number of para-hydroxylation sites is 1. The molecular weight excluding hydrogens is 236 g/mol. The van der Waals surface area contributed by atoms with Gasteiger partial charge in [-0.05, 0) is 19.4 Å². The van der Waals surface area contributed by atoms with E-state index in [9.17, 15) is 0 Å². The van der Waals surface area contributed by atoms with Crippen LogP contribution in [0.5, 0.6) is 0 Å². The van der Waals surface area contributed by atoms with E-state index in [-0.39, 0.29) is 0 Å². The van der Waals surface area contributed by atoms with E-state index in [1.165, 1.54) is 16.8 Å². The molecular formula is C15H16N4. The molecule has 0 radical (unpaired) electrons. The van der Waals surface area contributed by atoms with Crippen LogP contribution >= 0.6 is 0 Å². The van der Waals surface area contributed by atoms with Gasteiger partial charge in [-0.25, -0.2) is 4.99 Å². The summed E-state index contributed by atoms with van der Waals surface area (Å²) in [5, 5.41) is 3.48. The molecule has 0 spiro atoms. The highest BCUT2D eigenvalue weighted by molar-refractivity contribution is 6.14. The minimum absolute atomic E-state index is 0.430. The van der Waals surface area contributed by atoms with E-state index in [1.807, 2.05) is 6.34 Å². The van der Waals surface area contributed by atoms with E-state index >= 15 is 0 Å². The predicted molar refractivity (Wildman–Crippen MR) is 78.6 cm³/mol. The van der Waals surface area contributed by atoms with Gasteiger partial charge in [-0.1, -0.05) is 18.2 Å². The molecule has 1 atom stereocenters. The lowest BCUT2D eigenvalue weighted by atomic mass is 10.0. The number of nitrogens with one attached hydrogen (secondary N) is 1. The van der Waals surface area contributed by atoms with Gasteiger partial charge in [0.1, 0.15) is 5.84 Å². The third-order valence-corrected chi connectivity index (χ3v) is 3.96. The highest BCUT2D eigenvalue weighted by Gasteiger charge is 2.31. The molecule has 4 rings (SSSR count). The van der Waals surface area contributed by atoms with Crippen LogP contribution in [0.3, 0.4) is 0 Å². The fourth-order valence-corrected chi connectivity index (χ4v) is 2.95. The van der Waals surface area contributed by atoms with Crippen molar-refractivity contribution in [1.82, 2.24) is 4.90 Å². The molecule has 4 nitrogen and oxygen atoms in total. The van der Waals surface area contributed by atoms with Crippen molar-refractivity contribution in [3.63, 3.8) is 0 Å². The standard InChI is InChI=1S/C15H16N4/c1-10-8-17-15-12-6-7-16-13-5-3-2-4-11(13)14(12)18-9-19(10)15/h2-5,9-10,16H,6-8H2,1H3. The molecule has 3 aliphatic rings. The van der Waals surface area contributed by atoms with Crippen LogP contribution in [0, 0.1) is 0 Å². The SMILES string of the molecule is CC1CN=C2C3=C(N=CN21)c1ccccc1NCC3. The first-order valence-corrected chi connectivity index (χ1v) is 6.78. The minimum atomic E-state index is 0.430. The molecule has 1 N–H and O–H groups in total. The number of aliphatic imine (C=N–C) groups is 2. The number of anilines is 1. The van der Waals surface area contributed by atoms with Crippen molar-refractivity contribution in [2.75, 3.05) is 18.4 Å². The summed E-state index contributed by atoms with van der Waals surface area (Å²) in [6.45, 7) is 4.00. The summed E-state index contributed by atoms with van der Waals surface area (Å²) in [7, 11) is 0. The average molecular weight is 252 g/mol. The topological polar surface area (TPSA) is 40.0 Å². The minimum Gasteiger partial charge on any atom is -0.384 e. The first-order chi connectivity index (χ1) is 9.34. The van der Waals surface area contributed by atoms with E-state index in [0.29, 0.717) is 6.04 Å². The Morgan fingerprint density at radius 2 is 2.21 bits per heavy atom. The molecule has 96 valence electrons. The van der Waals surface area contributed by atoms with Gasteiger partial charge in [-0.2, -0.15) is 0 Å². The molecule has 1 unspecified atom stereocenters. The second-order valence-electron chi connectivity index (χ2n) is 5.21. The van der Waals surface area contributed by atoms with Gasteiger partial charge in [0.05, 0.1) is 24.6 Å². The molecule has 4 heteroatoms. The van der Waals surface area contributed by atoms with Gasteiger partial charge in [0.15, 0.2) is 0 Å². The summed E-state index contributed by atoms with van der Waals surface area (Å²) in [5.41, 5.74) is 4.73. The van der Waals surface area contributed by atoms with Crippen molar-refractivity contribution < 1.29 is 0 Å². The molecule has 0 aromatic heterocycles. The lowest BCUT2D eigenvalue weighted by molar-refractivity contribution is 0.523. The number of nitrogens with zero attached hydrogens (tertiary/aromatic N) is 3. The van der Waals surface area contributed by atoms with Crippen molar-refractivity contribution in [2.24, 2.45) is 9.98 Å². The summed E-state index contributed by atoms with van der Waals surface area (Å²) >= 11 is 0. The normalized spacial score (nSPS) is 24.2. The number of hydrogen-bond donors (Lipinski definition) is 1. The molecule has 3 heterocycles. The first kappa shape index (κ1) is 10.8. The van der Waals surface area contributed by atoms with Crippen LogP contribution in [-0.2, 0) is 0 Å². The summed E-state index contributed by atoms with van der Waals surface area (Å²) in [6, 6.07) is 8.81. The average Bonchev–Trinajstić information content (AvgIpc) is 2.71. The second-order valence-corrected chi connectivity index (χ2v) is 5.21. The van der Waals surface area contributed by atoms with E-state index in [2.05, 4.69) is 41.4 Å². The molecule has 0 saturated carbocycles. The maximum absolute atomic E-state index is 4.71. The number of rotatable bonds is 0. The van der Waals surface area contributed by atoms with Crippen molar-refractivity contribution in [3.05, 3.63) is 35.4 Å². The Bertz CT molecular complexity index is 627. The number of amidine groups is 1. The summed E-state index contributed by atoms with van der Waals surface area (Å²) < 4.78 is 0. The van der Waals surface area contributed by atoms with Crippen LogP contribution in [0.25, 0.3) is 5.70 Å². The summed E-state index contributed by atoms with van der Waals surface area (Å²) in [4.78, 5) is 11.6. The van der Waals surface area contributed by atoms with Gasteiger partial charge in [-0.3, -0.25) is 4.99 Å². The quantitative estimate of drug-likeness (QED) is 0.770. The van der Waals surface area contributed by atoms with Crippen molar-refractivity contribution in [3.8, 4) is 0 Å². The van der Waals surface area contributed by atoms with Crippen LogP contribution in [-0.4, -0.2) is 36.2 Å². The molecule has 1 aromatic carbocycles. The summed E-state index contributed by atoms with van der Waals surface area (Å²) in [5.74, 6) is 1.12. The second kappa shape index (κ2) is 3.95. The van der Waals surface area contributed by atoms with Crippen LogP contribution < -0.4 is 5.32 Å². The molecule has 0 amide bonds. The Balaban J connectivity index is 1.89. The zero-order chi connectivity index (χ0) is 12.8. The maximum Gasteiger partial charge on any atom is 0.134 e. The monoisotopic (exact) mass is 252 g/mol. The highest BCUT2D eigenvalue weighted by atomic mass is 15.3. The van der Waals surface area contributed by atoms with E-state index in [4.69, 9.17) is 9.98 Å². The molecule has 0 saturated heterocycles. The highest BCUT2D eigenvalue weighted by Crippen LogP contribution is 2.35. The van der Waals surface area contributed by atoms with Gasteiger partial charge in [0.2, 0.25) is 0 Å². The largest absolute Gasteiger partial charge is 0.384 e. The van der Waals surface area contributed by atoms with E-state index in [1.54, 1.807) is 0 Å². The number of benzene rings is 1. The van der Waals surface area contributed by atoms with Crippen LogP contribution in [0.2, 0.25) is 0 Å². The molecule has 1 aromatic rings. The number of fused-ring (bicyclic) bond motifs is 4. The Morgan fingerprint density at radius 3 is 3.16 bits per heavy atom. The lowest BCUT2D eigenvalue weighted by Crippen LogP contribution is -2.36. The molecule has 19 heavy (non-hydrogen) atoms. The molecule has 0 fully saturated rings. The molecule has 0 bridgehead atoms. The third kappa shape index (κ3) is 1.52.